The molecule has 0 amide bonds. The first-order chi connectivity index (χ1) is 8.58. The maximum Gasteiger partial charge on any atom is 0.419 e. The fourth-order valence-corrected chi connectivity index (χ4v) is 2.07. The second-order valence-electron chi connectivity index (χ2n) is 4.27. The number of oxazole rings is 1. The molecule has 2 aromatic rings. The van der Waals surface area contributed by atoms with Crippen molar-refractivity contribution in [1.82, 2.24) is 9.88 Å². The van der Waals surface area contributed by atoms with Gasteiger partial charge in [0, 0.05) is 19.1 Å². The van der Waals surface area contributed by atoms with Gasteiger partial charge >= 0.3 is 5.76 Å². The summed E-state index contributed by atoms with van der Waals surface area (Å²) in [4.78, 5) is 11.4. The second-order valence-corrected chi connectivity index (χ2v) is 4.27. The summed E-state index contributed by atoms with van der Waals surface area (Å²) in [5.41, 5.74) is 8.00. The number of aliphatic hydroxyl groups is 1. The predicted octanol–water partition coefficient (Wildman–Crippen LogP) is -0.288. The maximum absolute atomic E-state index is 11.4. The Kier molecular flexibility index (Phi) is 3.51. The maximum atomic E-state index is 11.4. The van der Waals surface area contributed by atoms with Crippen LogP contribution < -0.4 is 16.8 Å². The summed E-state index contributed by atoms with van der Waals surface area (Å²) in [7, 11) is 3.43. The van der Waals surface area contributed by atoms with Crippen LogP contribution in [-0.2, 0) is 7.05 Å². The van der Waals surface area contributed by atoms with Crippen LogP contribution in [0.1, 0.15) is 11.6 Å². The van der Waals surface area contributed by atoms with Crippen LogP contribution in [0.15, 0.2) is 27.4 Å². The highest BCUT2D eigenvalue weighted by Gasteiger charge is 2.18. The lowest BCUT2D eigenvalue weighted by atomic mass is 10.00. The van der Waals surface area contributed by atoms with Crippen molar-refractivity contribution in [2.24, 2.45) is 12.8 Å². The van der Waals surface area contributed by atoms with Crippen LogP contribution in [-0.4, -0.2) is 29.4 Å². The van der Waals surface area contributed by atoms with Crippen molar-refractivity contribution in [3.63, 3.8) is 0 Å². The highest BCUT2D eigenvalue weighted by molar-refractivity contribution is 5.73. The van der Waals surface area contributed by atoms with Gasteiger partial charge < -0.3 is 20.6 Å². The van der Waals surface area contributed by atoms with E-state index in [4.69, 9.17) is 15.3 Å². The average Bonchev–Trinajstić information content (AvgIpc) is 2.66. The lowest BCUT2D eigenvalue weighted by Crippen LogP contribution is -2.38. The molecule has 2 rings (SSSR count). The Bertz CT molecular complexity index is 602. The Morgan fingerprint density at radius 1 is 1.56 bits per heavy atom. The minimum Gasteiger partial charge on any atom is -0.408 e. The van der Waals surface area contributed by atoms with Crippen LogP contribution in [0.3, 0.4) is 0 Å². The number of hydrogen-bond donors (Lipinski definition) is 3. The number of aromatic nitrogens is 1. The molecular formula is C12H17N3O3. The van der Waals surface area contributed by atoms with Crippen molar-refractivity contribution in [2.45, 2.75) is 12.1 Å². The average molecular weight is 251 g/mol. The fraction of sp³-hybridized carbons (Fsp3) is 0.417. The van der Waals surface area contributed by atoms with Gasteiger partial charge in [-0.1, -0.05) is 6.07 Å². The number of nitrogens with two attached hydrogens (primary N) is 1. The second kappa shape index (κ2) is 4.93. The molecule has 0 fully saturated rings. The summed E-state index contributed by atoms with van der Waals surface area (Å²) >= 11 is 0. The van der Waals surface area contributed by atoms with E-state index in [1.807, 2.05) is 12.1 Å². The summed E-state index contributed by atoms with van der Waals surface area (Å²) < 4.78 is 6.50. The van der Waals surface area contributed by atoms with Crippen molar-refractivity contribution in [2.75, 3.05) is 13.7 Å². The Morgan fingerprint density at radius 3 is 2.89 bits per heavy atom. The Hall–Kier alpha value is -1.63. The quantitative estimate of drug-likeness (QED) is 0.694. The molecule has 18 heavy (non-hydrogen) atoms. The summed E-state index contributed by atoms with van der Waals surface area (Å²) in [6, 6.07) is 4.83. The number of hydrogen-bond acceptors (Lipinski definition) is 5. The SMILES string of the molecule is CNC(c1ccc2oc(=O)n(C)c2c1)C(N)CO. The van der Waals surface area contributed by atoms with Gasteiger partial charge in [-0.3, -0.25) is 4.57 Å². The molecule has 0 spiro atoms. The molecule has 0 aliphatic carbocycles. The molecule has 1 heterocycles. The van der Waals surface area contributed by atoms with Gasteiger partial charge in [-0.25, -0.2) is 4.79 Å². The number of nitrogens with one attached hydrogen (secondary N) is 1. The van der Waals surface area contributed by atoms with Gasteiger partial charge in [-0.15, -0.1) is 0 Å². The van der Waals surface area contributed by atoms with Crippen LogP contribution >= 0.6 is 0 Å². The van der Waals surface area contributed by atoms with Gasteiger partial charge in [-0.05, 0) is 24.7 Å². The minimum atomic E-state index is -0.406. The first-order valence-electron chi connectivity index (χ1n) is 5.71. The van der Waals surface area contributed by atoms with Gasteiger partial charge in [0.2, 0.25) is 0 Å². The molecule has 0 aliphatic rings. The summed E-state index contributed by atoms with van der Waals surface area (Å²) in [5, 5.41) is 12.2. The predicted molar refractivity (Wildman–Crippen MR) is 68.3 cm³/mol. The molecule has 0 saturated heterocycles. The summed E-state index contributed by atoms with van der Waals surface area (Å²) in [5.74, 6) is -0.394. The smallest absolute Gasteiger partial charge is 0.408 e. The highest BCUT2D eigenvalue weighted by Crippen LogP contribution is 2.21. The highest BCUT2D eigenvalue weighted by atomic mass is 16.4. The normalized spacial score (nSPS) is 14.9. The number of fused-ring (bicyclic) bond motifs is 1. The number of benzene rings is 1. The van der Waals surface area contributed by atoms with Crippen molar-refractivity contribution in [1.29, 1.82) is 0 Å². The van der Waals surface area contributed by atoms with E-state index < -0.39 is 11.8 Å². The first-order valence-corrected chi connectivity index (χ1v) is 5.71. The molecule has 6 heteroatoms. The lowest BCUT2D eigenvalue weighted by molar-refractivity contribution is 0.240. The molecule has 0 bridgehead atoms. The first kappa shape index (κ1) is 12.8. The van der Waals surface area contributed by atoms with Crippen LogP contribution in [0, 0.1) is 0 Å². The van der Waals surface area contributed by atoms with Crippen LogP contribution in [0.2, 0.25) is 0 Å². The zero-order valence-corrected chi connectivity index (χ0v) is 10.4. The summed E-state index contributed by atoms with van der Waals surface area (Å²) in [6.45, 7) is -0.117. The van der Waals surface area contributed by atoms with Crippen LogP contribution in [0.25, 0.3) is 11.1 Å². The van der Waals surface area contributed by atoms with Gasteiger partial charge in [0.05, 0.1) is 12.1 Å². The number of likely N-dealkylation sites (N-methyl/N-ethyl adjacent to an activating group) is 1. The third kappa shape index (κ3) is 2.05. The van der Waals surface area contributed by atoms with Crippen molar-refractivity contribution in [3.8, 4) is 0 Å². The zero-order valence-electron chi connectivity index (χ0n) is 10.4. The summed E-state index contributed by atoms with van der Waals surface area (Å²) in [6.07, 6.45) is 0. The molecule has 4 N–H and O–H groups in total. The van der Waals surface area contributed by atoms with E-state index in [0.717, 1.165) is 5.56 Å². The molecule has 1 aromatic carbocycles. The van der Waals surface area contributed by atoms with Gasteiger partial charge in [0.1, 0.15) is 0 Å². The van der Waals surface area contributed by atoms with Gasteiger partial charge in [0.15, 0.2) is 5.58 Å². The fourth-order valence-electron chi connectivity index (χ4n) is 2.07. The van der Waals surface area contributed by atoms with Gasteiger partial charge in [-0.2, -0.15) is 0 Å². The number of aliphatic hydroxyl groups excluding tert-OH is 1. The minimum absolute atomic E-state index is 0.117. The number of aryl methyl sites for hydroxylation is 1. The molecule has 6 nitrogen and oxygen atoms in total. The molecular weight excluding hydrogens is 234 g/mol. The molecule has 1 aromatic heterocycles. The van der Waals surface area contributed by atoms with Crippen LogP contribution in [0.4, 0.5) is 0 Å². The molecule has 0 saturated carbocycles. The van der Waals surface area contributed by atoms with Crippen LogP contribution in [0.5, 0.6) is 0 Å². The number of rotatable bonds is 4. The topological polar surface area (TPSA) is 93.4 Å². The van der Waals surface area contributed by atoms with E-state index in [-0.39, 0.29) is 12.6 Å². The third-order valence-electron chi connectivity index (χ3n) is 3.12. The number of nitrogens with zero attached hydrogens (tertiary/aromatic N) is 1. The Morgan fingerprint density at radius 2 is 2.28 bits per heavy atom. The standard InChI is InChI=1S/C12H17N3O3/c1-14-11(8(13)6-16)7-3-4-10-9(5-7)15(2)12(17)18-10/h3-5,8,11,14,16H,6,13H2,1-2H3. The zero-order chi connectivity index (χ0) is 13.3. The van der Waals surface area contributed by atoms with Crippen molar-refractivity contribution >= 4 is 11.1 Å². The Labute approximate surface area is 104 Å². The van der Waals surface area contributed by atoms with E-state index in [9.17, 15) is 4.79 Å². The third-order valence-corrected chi connectivity index (χ3v) is 3.12. The Balaban J connectivity index is 2.51. The van der Waals surface area contributed by atoms with E-state index >= 15 is 0 Å². The molecule has 0 radical (unpaired) electrons. The van der Waals surface area contributed by atoms with Gasteiger partial charge in [0.25, 0.3) is 0 Å². The monoisotopic (exact) mass is 251 g/mol. The van der Waals surface area contributed by atoms with Crippen molar-refractivity contribution < 1.29 is 9.52 Å². The van der Waals surface area contributed by atoms with E-state index in [2.05, 4.69) is 5.32 Å². The molecule has 0 aliphatic heterocycles. The molecule has 2 atom stereocenters. The van der Waals surface area contributed by atoms with E-state index in [0.29, 0.717) is 11.1 Å². The van der Waals surface area contributed by atoms with E-state index in [1.54, 1.807) is 20.2 Å². The molecule has 2 unspecified atom stereocenters. The lowest BCUT2D eigenvalue weighted by Gasteiger charge is -2.22. The molecule has 98 valence electrons. The van der Waals surface area contributed by atoms with E-state index in [1.165, 1.54) is 4.57 Å². The largest absolute Gasteiger partial charge is 0.419 e. The van der Waals surface area contributed by atoms with Crippen molar-refractivity contribution in [3.05, 3.63) is 34.3 Å².